The lowest BCUT2D eigenvalue weighted by molar-refractivity contribution is 0.0671. The predicted molar refractivity (Wildman–Crippen MR) is 75.0 cm³/mol. The fourth-order valence-corrected chi connectivity index (χ4v) is 2.46. The lowest BCUT2D eigenvalue weighted by Gasteiger charge is -2.37. The summed E-state index contributed by atoms with van der Waals surface area (Å²) in [4.78, 5) is 0. The lowest BCUT2D eigenvalue weighted by Crippen LogP contribution is -2.37. The van der Waals surface area contributed by atoms with Crippen LogP contribution in [-0.4, -0.2) is 18.8 Å². The van der Waals surface area contributed by atoms with Gasteiger partial charge in [-0.25, -0.2) is 0 Å². The van der Waals surface area contributed by atoms with E-state index in [1.807, 2.05) is 39.8 Å². The zero-order chi connectivity index (χ0) is 14.0. The van der Waals surface area contributed by atoms with Gasteiger partial charge in [0.25, 0.3) is 0 Å². The first kappa shape index (κ1) is 14.0. The van der Waals surface area contributed by atoms with E-state index in [-0.39, 0.29) is 11.6 Å². The third kappa shape index (κ3) is 2.78. The molecule has 0 saturated carbocycles. The van der Waals surface area contributed by atoms with E-state index < -0.39 is 0 Å². The van der Waals surface area contributed by atoms with Gasteiger partial charge in [0.15, 0.2) is 11.5 Å². The van der Waals surface area contributed by atoms with Crippen molar-refractivity contribution in [3.63, 3.8) is 0 Å². The van der Waals surface area contributed by atoms with Crippen LogP contribution >= 0.6 is 0 Å². The fourth-order valence-electron chi connectivity index (χ4n) is 2.46. The van der Waals surface area contributed by atoms with E-state index in [1.54, 1.807) is 0 Å². The Morgan fingerprint density at radius 1 is 1.26 bits per heavy atom. The van der Waals surface area contributed by atoms with Crippen LogP contribution in [0.5, 0.6) is 17.2 Å². The quantitative estimate of drug-likeness (QED) is 0.909. The average molecular weight is 265 g/mol. The summed E-state index contributed by atoms with van der Waals surface area (Å²) >= 11 is 0. The first-order valence-electron chi connectivity index (χ1n) is 6.85. The molecule has 0 saturated heterocycles. The molecule has 0 aliphatic carbocycles. The summed E-state index contributed by atoms with van der Waals surface area (Å²) in [6.45, 7) is 9.14. The zero-order valence-corrected chi connectivity index (χ0v) is 12.2. The number of ether oxygens (including phenoxy) is 3. The molecule has 0 radical (unpaired) electrons. The Morgan fingerprint density at radius 2 is 1.95 bits per heavy atom. The Balaban J connectivity index is 2.50. The highest BCUT2D eigenvalue weighted by Gasteiger charge is 2.35. The van der Waals surface area contributed by atoms with Gasteiger partial charge >= 0.3 is 0 Å². The van der Waals surface area contributed by atoms with Gasteiger partial charge in [-0.3, -0.25) is 0 Å². The molecule has 0 amide bonds. The van der Waals surface area contributed by atoms with E-state index in [0.29, 0.717) is 24.7 Å². The second-order valence-electron chi connectivity index (χ2n) is 5.35. The molecule has 1 aromatic carbocycles. The Kier molecular flexibility index (Phi) is 3.90. The summed E-state index contributed by atoms with van der Waals surface area (Å²) in [5, 5.41) is 0. The van der Waals surface area contributed by atoms with Crippen LogP contribution in [0, 0.1) is 0 Å². The topological polar surface area (TPSA) is 53.7 Å². The summed E-state index contributed by atoms with van der Waals surface area (Å²) in [5.74, 6) is 2.12. The van der Waals surface area contributed by atoms with Crippen molar-refractivity contribution < 1.29 is 14.2 Å². The van der Waals surface area contributed by atoms with Crippen LogP contribution < -0.4 is 19.9 Å². The Labute approximate surface area is 114 Å². The summed E-state index contributed by atoms with van der Waals surface area (Å²) in [5.41, 5.74) is 6.94. The van der Waals surface area contributed by atoms with Crippen LogP contribution in [0.25, 0.3) is 0 Å². The number of hydrogen-bond donors (Lipinski definition) is 1. The predicted octanol–water partition coefficient (Wildman–Crippen LogP) is 3.04. The Morgan fingerprint density at radius 3 is 2.58 bits per heavy atom. The molecule has 1 aliphatic rings. The average Bonchev–Trinajstić information content (AvgIpc) is 2.31. The highest BCUT2D eigenvalue weighted by atomic mass is 16.5. The molecule has 1 heterocycles. The highest BCUT2D eigenvalue weighted by molar-refractivity contribution is 5.57. The number of fused-ring (bicyclic) bond motifs is 1. The van der Waals surface area contributed by atoms with Crippen LogP contribution in [-0.2, 0) is 0 Å². The SMILES string of the molecule is CCOc1ccc2c(c1OCC)OC(C)(C)CC2N. The van der Waals surface area contributed by atoms with Crippen molar-refractivity contribution in [1.29, 1.82) is 0 Å². The van der Waals surface area contributed by atoms with Gasteiger partial charge in [-0.1, -0.05) is 0 Å². The molecule has 2 N–H and O–H groups in total. The van der Waals surface area contributed by atoms with E-state index in [4.69, 9.17) is 19.9 Å². The second-order valence-corrected chi connectivity index (χ2v) is 5.35. The molecule has 0 spiro atoms. The van der Waals surface area contributed by atoms with Crippen molar-refractivity contribution in [3.05, 3.63) is 17.7 Å². The van der Waals surface area contributed by atoms with Crippen LogP contribution in [0.2, 0.25) is 0 Å². The normalized spacial score (nSPS) is 20.4. The van der Waals surface area contributed by atoms with Crippen LogP contribution in [0.3, 0.4) is 0 Å². The van der Waals surface area contributed by atoms with Crippen molar-refractivity contribution >= 4 is 0 Å². The molecule has 106 valence electrons. The molecule has 4 nitrogen and oxygen atoms in total. The van der Waals surface area contributed by atoms with Gasteiger partial charge in [-0.2, -0.15) is 0 Å². The number of benzene rings is 1. The van der Waals surface area contributed by atoms with Crippen molar-refractivity contribution in [2.75, 3.05) is 13.2 Å². The highest BCUT2D eigenvalue weighted by Crippen LogP contribution is 2.48. The van der Waals surface area contributed by atoms with E-state index in [9.17, 15) is 0 Å². The summed E-state index contributed by atoms with van der Waals surface area (Å²) in [6.07, 6.45) is 0.791. The molecule has 1 unspecified atom stereocenters. The minimum Gasteiger partial charge on any atom is -0.490 e. The molecule has 1 atom stereocenters. The third-order valence-electron chi connectivity index (χ3n) is 3.18. The lowest BCUT2D eigenvalue weighted by atomic mass is 9.90. The van der Waals surface area contributed by atoms with Crippen LogP contribution in [0.4, 0.5) is 0 Å². The monoisotopic (exact) mass is 265 g/mol. The molecular formula is C15H23NO3. The molecule has 0 fully saturated rings. The molecule has 0 aromatic heterocycles. The molecular weight excluding hydrogens is 242 g/mol. The standard InChI is InChI=1S/C15H23NO3/c1-5-17-12-8-7-10-11(16)9-15(3,4)19-13(10)14(12)18-6-2/h7-8,11H,5-6,9,16H2,1-4H3. The Hall–Kier alpha value is -1.42. The first-order chi connectivity index (χ1) is 8.98. The molecule has 4 heteroatoms. The first-order valence-corrected chi connectivity index (χ1v) is 6.85. The van der Waals surface area contributed by atoms with Crippen molar-refractivity contribution in [2.24, 2.45) is 5.73 Å². The van der Waals surface area contributed by atoms with E-state index >= 15 is 0 Å². The van der Waals surface area contributed by atoms with E-state index in [1.165, 1.54) is 0 Å². The smallest absolute Gasteiger partial charge is 0.203 e. The third-order valence-corrected chi connectivity index (χ3v) is 3.18. The van der Waals surface area contributed by atoms with Crippen molar-refractivity contribution in [2.45, 2.75) is 45.8 Å². The minimum atomic E-state index is -0.289. The number of rotatable bonds is 4. The maximum absolute atomic E-state index is 6.23. The van der Waals surface area contributed by atoms with Gasteiger partial charge in [0.2, 0.25) is 5.75 Å². The van der Waals surface area contributed by atoms with E-state index in [0.717, 1.165) is 17.7 Å². The molecule has 1 aliphatic heterocycles. The van der Waals surface area contributed by atoms with Gasteiger partial charge in [0.05, 0.1) is 13.2 Å². The van der Waals surface area contributed by atoms with Crippen LogP contribution in [0.1, 0.15) is 45.7 Å². The summed E-state index contributed by atoms with van der Waals surface area (Å²) in [6, 6.07) is 3.85. The number of nitrogens with two attached hydrogens (primary N) is 1. The van der Waals surface area contributed by atoms with Gasteiger partial charge < -0.3 is 19.9 Å². The second kappa shape index (κ2) is 5.29. The summed E-state index contributed by atoms with van der Waals surface area (Å²) in [7, 11) is 0. The molecule has 19 heavy (non-hydrogen) atoms. The zero-order valence-electron chi connectivity index (χ0n) is 12.2. The maximum atomic E-state index is 6.23. The van der Waals surface area contributed by atoms with Gasteiger partial charge in [0.1, 0.15) is 5.60 Å². The minimum absolute atomic E-state index is 0.0337. The van der Waals surface area contributed by atoms with Gasteiger partial charge in [0, 0.05) is 18.0 Å². The van der Waals surface area contributed by atoms with Gasteiger partial charge in [-0.05, 0) is 39.8 Å². The number of hydrogen-bond acceptors (Lipinski definition) is 4. The fraction of sp³-hybridized carbons (Fsp3) is 0.600. The van der Waals surface area contributed by atoms with Crippen molar-refractivity contribution in [1.82, 2.24) is 0 Å². The van der Waals surface area contributed by atoms with E-state index in [2.05, 4.69) is 0 Å². The van der Waals surface area contributed by atoms with Crippen LogP contribution in [0.15, 0.2) is 12.1 Å². The maximum Gasteiger partial charge on any atom is 0.203 e. The molecule has 2 rings (SSSR count). The summed E-state index contributed by atoms with van der Waals surface area (Å²) < 4.78 is 17.4. The molecule has 0 bridgehead atoms. The molecule has 1 aromatic rings. The largest absolute Gasteiger partial charge is 0.490 e. The van der Waals surface area contributed by atoms with Crippen molar-refractivity contribution in [3.8, 4) is 17.2 Å². The van der Waals surface area contributed by atoms with Gasteiger partial charge in [-0.15, -0.1) is 0 Å². The Bertz CT molecular complexity index is 457.